The Morgan fingerprint density at radius 2 is 1.62 bits per heavy atom. The first-order valence-corrected chi connectivity index (χ1v) is 10.2. The first-order valence-electron chi connectivity index (χ1n) is 9.09. The Balaban J connectivity index is 1.60. The molecule has 0 radical (unpaired) electrons. The molecule has 0 aliphatic carbocycles. The van der Waals surface area contributed by atoms with Crippen molar-refractivity contribution in [1.29, 1.82) is 0 Å². The molecule has 0 spiro atoms. The summed E-state index contributed by atoms with van der Waals surface area (Å²) in [5.74, 6) is -1.54. The van der Waals surface area contributed by atoms with E-state index < -0.39 is 23.8 Å². The molecule has 2 heterocycles. The Hall–Kier alpha value is -3.20. The second-order valence-corrected chi connectivity index (χ2v) is 7.59. The Morgan fingerprint density at radius 1 is 0.969 bits per heavy atom. The number of amides is 2. The zero-order valence-corrected chi connectivity index (χ0v) is 18.7. The molecule has 0 bridgehead atoms. The number of esters is 1. The van der Waals surface area contributed by atoms with E-state index in [4.69, 9.17) is 39.5 Å². The van der Waals surface area contributed by atoms with Crippen molar-refractivity contribution in [3.05, 3.63) is 81.3 Å². The molecule has 0 saturated heterocycles. The lowest BCUT2D eigenvalue weighted by Crippen LogP contribution is -2.40. The van der Waals surface area contributed by atoms with Crippen molar-refractivity contribution in [3.8, 4) is 5.75 Å². The minimum atomic E-state index is -0.960. The number of ether oxygens (including phenoxy) is 1. The summed E-state index contributed by atoms with van der Waals surface area (Å²) in [4.78, 5) is 44.6. The highest BCUT2D eigenvalue weighted by Crippen LogP contribution is 2.29. The van der Waals surface area contributed by atoms with E-state index in [1.165, 1.54) is 55.8 Å². The zero-order valence-electron chi connectivity index (χ0n) is 16.4. The monoisotopic (exact) mass is 492 g/mol. The summed E-state index contributed by atoms with van der Waals surface area (Å²) in [5.41, 5.74) is 0.655. The third-order valence-corrected chi connectivity index (χ3v) is 5.01. The van der Waals surface area contributed by atoms with Crippen LogP contribution in [-0.4, -0.2) is 33.8 Å². The highest BCUT2D eigenvalue weighted by molar-refractivity contribution is 6.39. The molecule has 0 aliphatic rings. The molecule has 164 valence electrons. The van der Waals surface area contributed by atoms with Crippen molar-refractivity contribution in [1.82, 2.24) is 15.3 Å². The molecule has 0 fully saturated rings. The maximum atomic E-state index is 12.4. The van der Waals surface area contributed by atoms with E-state index in [1.807, 2.05) is 0 Å². The number of carbonyl (C=O) groups excluding carboxylic acids is 3. The summed E-state index contributed by atoms with van der Waals surface area (Å²) in [6, 6.07) is 7.87. The fourth-order valence-electron chi connectivity index (χ4n) is 2.48. The molecule has 3 aromatic rings. The average molecular weight is 494 g/mol. The molecule has 3 rings (SSSR count). The van der Waals surface area contributed by atoms with Crippen molar-refractivity contribution in [2.45, 2.75) is 13.0 Å². The van der Waals surface area contributed by atoms with Crippen LogP contribution in [0.3, 0.4) is 0 Å². The fraction of sp³-hybridized carbons (Fsp3) is 0.0952. The van der Waals surface area contributed by atoms with E-state index in [9.17, 15) is 14.4 Å². The van der Waals surface area contributed by atoms with E-state index in [0.717, 1.165) is 0 Å². The number of halogens is 3. The van der Waals surface area contributed by atoms with Crippen LogP contribution in [-0.2, 0) is 4.79 Å². The van der Waals surface area contributed by atoms with E-state index in [2.05, 4.69) is 20.6 Å². The Morgan fingerprint density at radius 3 is 2.25 bits per heavy atom. The van der Waals surface area contributed by atoms with E-state index in [0.29, 0.717) is 0 Å². The van der Waals surface area contributed by atoms with Crippen LogP contribution in [0.15, 0.2) is 55.0 Å². The molecule has 2 N–H and O–H groups in total. The van der Waals surface area contributed by atoms with Crippen LogP contribution in [0.25, 0.3) is 0 Å². The Labute approximate surface area is 197 Å². The van der Waals surface area contributed by atoms with Gasteiger partial charge in [-0.1, -0.05) is 34.8 Å². The van der Waals surface area contributed by atoms with Crippen LogP contribution >= 0.6 is 34.8 Å². The predicted octanol–water partition coefficient (Wildman–Crippen LogP) is 4.41. The van der Waals surface area contributed by atoms with Crippen LogP contribution in [0.2, 0.25) is 15.2 Å². The van der Waals surface area contributed by atoms with Gasteiger partial charge in [0.25, 0.3) is 11.8 Å². The van der Waals surface area contributed by atoms with Gasteiger partial charge in [0.2, 0.25) is 0 Å². The van der Waals surface area contributed by atoms with Gasteiger partial charge in [0.05, 0.1) is 21.3 Å². The minimum absolute atomic E-state index is 0.0220. The number of pyridine rings is 2. The van der Waals surface area contributed by atoms with Crippen molar-refractivity contribution < 1.29 is 19.1 Å². The maximum Gasteiger partial charge on any atom is 0.333 e. The van der Waals surface area contributed by atoms with Crippen molar-refractivity contribution >= 4 is 58.3 Å². The van der Waals surface area contributed by atoms with Crippen LogP contribution in [0.5, 0.6) is 5.75 Å². The van der Waals surface area contributed by atoms with Crippen LogP contribution in [0.1, 0.15) is 27.6 Å². The van der Waals surface area contributed by atoms with E-state index in [-0.39, 0.29) is 37.8 Å². The fourth-order valence-corrected chi connectivity index (χ4v) is 3.15. The molecule has 2 aromatic heterocycles. The number of rotatable bonds is 6. The number of nitrogens with zero attached hydrogens (tertiary/aromatic N) is 2. The average Bonchev–Trinajstić information content (AvgIpc) is 2.77. The quantitative estimate of drug-likeness (QED) is 0.299. The van der Waals surface area contributed by atoms with Gasteiger partial charge in [-0.25, -0.2) is 9.78 Å². The lowest BCUT2D eigenvalue weighted by atomic mass is 10.2. The SMILES string of the molecule is CC(NC(=O)c1cccnc1Cl)C(=O)Oc1ccc(C(=O)Nc2c(Cl)cncc2Cl)cc1. The maximum absolute atomic E-state index is 12.4. The van der Waals surface area contributed by atoms with Gasteiger partial charge in [0.1, 0.15) is 16.9 Å². The van der Waals surface area contributed by atoms with E-state index in [1.54, 1.807) is 6.07 Å². The smallest absolute Gasteiger partial charge is 0.333 e. The summed E-state index contributed by atoms with van der Waals surface area (Å²) >= 11 is 17.9. The van der Waals surface area contributed by atoms with Crippen molar-refractivity contribution in [2.24, 2.45) is 0 Å². The number of hydrogen-bond acceptors (Lipinski definition) is 6. The first kappa shape index (κ1) is 23.5. The standard InChI is InChI=1S/C21H15Cl3N4O4/c1-11(27-20(30)14-3-2-8-26-18(14)24)21(31)32-13-6-4-12(5-7-13)19(29)28-17-15(22)9-25-10-16(17)23/h2-11H,1H3,(H,27,30)(H,25,28,29). The highest BCUT2D eigenvalue weighted by atomic mass is 35.5. The summed E-state index contributed by atoms with van der Waals surface area (Å²) < 4.78 is 5.25. The molecule has 2 amide bonds. The summed E-state index contributed by atoms with van der Waals surface area (Å²) in [7, 11) is 0. The van der Waals surface area contributed by atoms with Crippen molar-refractivity contribution in [3.63, 3.8) is 0 Å². The highest BCUT2D eigenvalue weighted by Gasteiger charge is 2.20. The molecular weight excluding hydrogens is 479 g/mol. The van der Waals surface area contributed by atoms with Crippen LogP contribution < -0.4 is 15.4 Å². The molecule has 1 atom stereocenters. The third kappa shape index (κ3) is 5.73. The largest absolute Gasteiger partial charge is 0.425 e. The lowest BCUT2D eigenvalue weighted by molar-refractivity contribution is -0.136. The van der Waals surface area contributed by atoms with Gasteiger partial charge in [-0.3, -0.25) is 14.6 Å². The molecule has 1 unspecified atom stereocenters. The number of hydrogen-bond donors (Lipinski definition) is 2. The number of benzene rings is 1. The lowest BCUT2D eigenvalue weighted by Gasteiger charge is -2.14. The summed E-state index contributed by atoms with van der Waals surface area (Å²) in [6.07, 6.45) is 4.16. The van der Waals surface area contributed by atoms with Gasteiger partial charge >= 0.3 is 5.97 Å². The molecule has 0 saturated carbocycles. The normalized spacial score (nSPS) is 11.4. The Kier molecular flexibility index (Phi) is 7.63. The molecule has 11 heteroatoms. The van der Waals surface area contributed by atoms with Gasteiger partial charge in [0.15, 0.2) is 0 Å². The molecule has 8 nitrogen and oxygen atoms in total. The molecule has 1 aromatic carbocycles. The summed E-state index contributed by atoms with van der Waals surface area (Å²) in [6.45, 7) is 1.47. The third-order valence-electron chi connectivity index (χ3n) is 4.13. The predicted molar refractivity (Wildman–Crippen MR) is 120 cm³/mol. The van der Waals surface area contributed by atoms with Crippen LogP contribution in [0, 0.1) is 0 Å². The van der Waals surface area contributed by atoms with Gasteiger partial charge in [-0.15, -0.1) is 0 Å². The van der Waals surface area contributed by atoms with Gasteiger partial charge < -0.3 is 15.4 Å². The van der Waals surface area contributed by atoms with Crippen molar-refractivity contribution in [2.75, 3.05) is 5.32 Å². The topological polar surface area (TPSA) is 110 Å². The van der Waals surface area contributed by atoms with E-state index >= 15 is 0 Å². The van der Waals surface area contributed by atoms with Crippen LogP contribution in [0.4, 0.5) is 5.69 Å². The minimum Gasteiger partial charge on any atom is -0.425 e. The first-order chi connectivity index (χ1) is 15.3. The molecule has 32 heavy (non-hydrogen) atoms. The Bertz CT molecular complexity index is 1150. The number of carbonyl (C=O) groups is 3. The second kappa shape index (κ2) is 10.4. The van der Waals surface area contributed by atoms with Gasteiger partial charge in [0, 0.05) is 24.2 Å². The van der Waals surface area contributed by atoms with Gasteiger partial charge in [-0.2, -0.15) is 0 Å². The van der Waals surface area contributed by atoms with Gasteiger partial charge in [-0.05, 0) is 43.3 Å². The number of anilines is 1. The number of aromatic nitrogens is 2. The molecule has 0 aliphatic heterocycles. The second-order valence-electron chi connectivity index (χ2n) is 6.41. The number of nitrogens with one attached hydrogen (secondary N) is 2. The zero-order chi connectivity index (χ0) is 23.3. The summed E-state index contributed by atoms with van der Waals surface area (Å²) in [5, 5.41) is 5.50. The molecular formula is C21H15Cl3N4O4.